The minimum atomic E-state index is -3.54. The average molecular weight is 462 g/mol. The predicted octanol–water partition coefficient (Wildman–Crippen LogP) is 3.17. The van der Waals surface area contributed by atoms with E-state index in [0.29, 0.717) is 30.2 Å². The van der Waals surface area contributed by atoms with Crippen molar-refractivity contribution < 1.29 is 32.2 Å². The lowest BCUT2D eigenvalue weighted by Crippen LogP contribution is -2.30. The van der Waals surface area contributed by atoms with Crippen LogP contribution in [0.25, 0.3) is 6.08 Å². The van der Waals surface area contributed by atoms with Crippen LogP contribution >= 0.6 is 0 Å². The van der Waals surface area contributed by atoms with Gasteiger partial charge in [-0.05, 0) is 35.9 Å². The van der Waals surface area contributed by atoms with E-state index in [-0.39, 0.29) is 10.5 Å². The van der Waals surface area contributed by atoms with Crippen LogP contribution in [0, 0.1) is 0 Å². The second-order valence-corrected chi connectivity index (χ2v) is 8.53. The molecule has 172 valence electrons. The van der Waals surface area contributed by atoms with Crippen molar-refractivity contribution in [2.75, 3.05) is 33.9 Å². The molecule has 0 saturated heterocycles. The van der Waals surface area contributed by atoms with Crippen LogP contribution in [0.4, 0.5) is 0 Å². The summed E-state index contributed by atoms with van der Waals surface area (Å²) in [6, 6.07) is 10.9. The van der Waals surface area contributed by atoms with Gasteiger partial charge in [0.15, 0.2) is 6.61 Å². The number of nitrogens with zero attached hydrogens (tertiary/aromatic N) is 1. The highest BCUT2D eigenvalue weighted by atomic mass is 32.2. The summed E-state index contributed by atoms with van der Waals surface area (Å²) in [6.45, 7) is 3.87. The molecule has 0 amide bonds. The van der Waals surface area contributed by atoms with Crippen LogP contribution in [-0.4, -0.2) is 58.4 Å². The highest BCUT2D eigenvalue weighted by Gasteiger charge is 2.21. The Bertz CT molecular complexity index is 1070. The van der Waals surface area contributed by atoms with Gasteiger partial charge < -0.3 is 14.2 Å². The highest BCUT2D eigenvalue weighted by molar-refractivity contribution is 7.89. The van der Waals surface area contributed by atoms with Gasteiger partial charge in [0.2, 0.25) is 15.8 Å². The predicted molar refractivity (Wildman–Crippen MR) is 120 cm³/mol. The van der Waals surface area contributed by atoms with Crippen molar-refractivity contribution in [3.05, 3.63) is 59.7 Å². The number of esters is 1. The molecule has 32 heavy (non-hydrogen) atoms. The Morgan fingerprint density at radius 1 is 0.969 bits per heavy atom. The SMILES string of the molecule is CCN(CC)S(=O)(=O)c1ccc(/C=C/C(=O)OCC(=O)c2ccc(OC)cc2OC)cc1. The first-order chi connectivity index (χ1) is 15.3. The first-order valence-corrected chi connectivity index (χ1v) is 11.4. The number of methoxy groups -OCH3 is 2. The summed E-state index contributed by atoms with van der Waals surface area (Å²) < 4.78 is 41.7. The van der Waals surface area contributed by atoms with E-state index in [0.717, 1.165) is 0 Å². The van der Waals surface area contributed by atoms with E-state index in [4.69, 9.17) is 14.2 Å². The molecule has 0 bridgehead atoms. The van der Waals surface area contributed by atoms with Crippen molar-refractivity contribution in [3.63, 3.8) is 0 Å². The van der Waals surface area contributed by atoms with Gasteiger partial charge in [-0.15, -0.1) is 0 Å². The molecular weight excluding hydrogens is 434 g/mol. The second-order valence-electron chi connectivity index (χ2n) is 6.59. The van der Waals surface area contributed by atoms with E-state index in [2.05, 4.69) is 0 Å². The monoisotopic (exact) mass is 461 g/mol. The molecule has 9 heteroatoms. The quantitative estimate of drug-likeness (QED) is 0.288. The molecule has 0 fully saturated rings. The average Bonchev–Trinajstić information content (AvgIpc) is 2.81. The Hall–Kier alpha value is -3.17. The fourth-order valence-electron chi connectivity index (χ4n) is 2.92. The maximum absolute atomic E-state index is 12.5. The molecule has 2 rings (SSSR count). The normalized spacial score (nSPS) is 11.5. The zero-order valence-corrected chi connectivity index (χ0v) is 19.3. The summed E-state index contributed by atoms with van der Waals surface area (Å²) >= 11 is 0. The van der Waals surface area contributed by atoms with Gasteiger partial charge in [0, 0.05) is 25.2 Å². The number of Topliss-reactive ketones (excluding diaryl/α,β-unsaturated/α-hetero) is 1. The van der Waals surface area contributed by atoms with Gasteiger partial charge in [-0.25, -0.2) is 13.2 Å². The molecule has 0 atom stereocenters. The molecule has 0 heterocycles. The zero-order chi connectivity index (χ0) is 23.7. The van der Waals surface area contributed by atoms with Gasteiger partial charge >= 0.3 is 5.97 Å². The Morgan fingerprint density at radius 3 is 2.19 bits per heavy atom. The van der Waals surface area contributed by atoms with E-state index < -0.39 is 28.4 Å². The van der Waals surface area contributed by atoms with Crippen LogP contribution < -0.4 is 9.47 Å². The lowest BCUT2D eigenvalue weighted by Gasteiger charge is -2.18. The summed E-state index contributed by atoms with van der Waals surface area (Å²) in [7, 11) is -0.611. The van der Waals surface area contributed by atoms with Crippen LogP contribution in [-0.2, 0) is 19.6 Å². The molecular formula is C23H27NO7S. The number of ether oxygens (including phenoxy) is 3. The van der Waals surface area contributed by atoms with Gasteiger partial charge in [-0.2, -0.15) is 4.31 Å². The third-order valence-electron chi connectivity index (χ3n) is 4.69. The summed E-state index contributed by atoms with van der Waals surface area (Å²) in [5.41, 5.74) is 0.888. The lowest BCUT2D eigenvalue weighted by atomic mass is 10.1. The Kier molecular flexibility index (Phi) is 8.98. The number of sulfonamides is 1. The van der Waals surface area contributed by atoms with Crippen LogP contribution in [0.3, 0.4) is 0 Å². The summed E-state index contributed by atoms with van der Waals surface area (Å²) in [5, 5.41) is 0. The molecule has 0 aliphatic heterocycles. The van der Waals surface area contributed by atoms with Crippen molar-refractivity contribution in [2.45, 2.75) is 18.7 Å². The molecule has 0 aliphatic carbocycles. The number of hydrogen-bond donors (Lipinski definition) is 0. The number of hydrogen-bond acceptors (Lipinski definition) is 7. The molecule has 8 nitrogen and oxygen atoms in total. The second kappa shape index (κ2) is 11.4. The van der Waals surface area contributed by atoms with Crippen molar-refractivity contribution in [1.29, 1.82) is 0 Å². The van der Waals surface area contributed by atoms with Gasteiger partial charge in [-0.3, -0.25) is 4.79 Å². The summed E-state index contributed by atoms with van der Waals surface area (Å²) in [5.74, 6) is -0.266. The zero-order valence-electron chi connectivity index (χ0n) is 18.5. The molecule has 0 aromatic heterocycles. The smallest absolute Gasteiger partial charge is 0.331 e. The Balaban J connectivity index is 1.99. The molecule has 0 radical (unpaired) electrons. The van der Waals surface area contributed by atoms with Gasteiger partial charge in [0.25, 0.3) is 0 Å². The molecule has 0 N–H and O–H groups in total. The topological polar surface area (TPSA) is 99.2 Å². The van der Waals surface area contributed by atoms with Crippen LogP contribution in [0.2, 0.25) is 0 Å². The number of carbonyl (C=O) groups is 2. The largest absolute Gasteiger partial charge is 0.497 e. The van der Waals surface area contributed by atoms with E-state index in [1.54, 1.807) is 38.1 Å². The fourth-order valence-corrected chi connectivity index (χ4v) is 4.38. The van der Waals surface area contributed by atoms with Gasteiger partial charge in [-0.1, -0.05) is 26.0 Å². The van der Waals surface area contributed by atoms with Gasteiger partial charge in [0.05, 0.1) is 24.7 Å². The maximum Gasteiger partial charge on any atom is 0.331 e. The number of carbonyl (C=O) groups excluding carboxylic acids is 2. The van der Waals surface area contributed by atoms with Crippen LogP contribution in [0.15, 0.2) is 53.4 Å². The molecule has 0 aliphatic rings. The summed E-state index contributed by atoms with van der Waals surface area (Å²) in [4.78, 5) is 24.5. The first kappa shape index (κ1) is 25.1. The molecule has 2 aromatic carbocycles. The lowest BCUT2D eigenvalue weighted by molar-refractivity contribution is -0.136. The Morgan fingerprint density at radius 2 is 1.62 bits per heavy atom. The Labute approximate surface area is 188 Å². The van der Waals surface area contributed by atoms with Crippen molar-refractivity contribution >= 4 is 27.9 Å². The van der Waals surface area contributed by atoms with Crippen molar-refractivity contribution in [1.82, 2.24) is 4.31 Å². The standard InChI is InChI=1S/C23H27NO7S/c1-5-24(6-2)32(27,28)19-11-7-17(8-12-19)9-14-23(26)31-16-21(25)20-13-10-18(29-3)15-22(20)30-4/h7-15H,5-6,16H2,1-4H3/b14-9+. The number of ketones is 1. The minimum absolute atomic E-state index is 0.181. The molecule has 0 saturated carbocycles. The fraction of sp³-hybridized carbons (Fsp3) is 0.304. The van der Waals surface area contributed by atoms with Crippen molar-refractivity contribution in [3.8, 4) is 11.5 Å². The van der Waals surface area contributed by atoms with E-state index in [1.807, 2.05) is 0 Å². The third kappa shape index (κ3) is 6.18. The minimum Gasteiger partial charge on any atom is -0.497 e. The van der Waals surface area contributed by atoms with E-state index in [1.165, 1.54) is 48.9 Å². The van der Waals surface area contributed by atoms with Crippen molar-refractivity contribution in [2.24, 2.45) is 0 Å². The van der Waals surface area contributed by atoms with E-state index in [9.17, 15) is 18.0 Å². The van der Waals surface area contributed by atoms with Crippen LogP contribution in [0.1, 0.15) is 29.8 Å². The molecule has 0 unspecified atom stereocenters. The molecule has 2 aromatic rings. The maximum atomic E-state index is 12.5. The van der Waals surface area contributed by atoms with E-state index >= 15 is 0 Å². The number of rotatable bonds is 11. The first-order valence-electron chi connectivity index (χ1n) is 9.97. The third-order valence-corrected chi connectivity index (χ3v) is 6.75. The van der Waals surface area contributed by atoms with Crippen LogP contribution in [0.5, 0.6) is 11.5 Å². The highest BCUT2D eigenvalue weighted by Crippen LogP contribution is 2.25. The number of benzene rings is 2. The van der Waals surface area contributed by atoms with Gasteiger partial charge in [0.1, 0.15) is 11.5 Å². The summed E-state index contributed by atoms with van der Waals surface area (Å²) in [6.07, 6.45) is 2.65. The molecule has 0 spiro atoms.